The van der Waals surface area contributed by atoms with Gasteiger partial charge in [-0.3, -0.25) is 0 Å². The molecule has 0 amide bonds. The van der Waals surface area contributed by atoms with E-state index in [-0.39, 0.29) is 4.90 Å². The molecule has 0 fully saturated rings. The van der Waals surface area contributed by atoms with Crippen LogP contribution >= 0.6 is 0 Å². The van der Waals surface area contributed by atoms with Gasteiger partial charge >= 0.3 is 0 Å². The van der Waals surface area contributed by atoms with Gasteiger partial charge in [-0.25, -0.2) is 13.4 Å². The van der Waals surface area contributed by atoms with Gasteiger partial charge in [0.1, 0.15) is 10.7 Å². The van der Waals surface area contributed by atoms with Crippen LogP contribution in [0.1, 0.15) is 25.0 Å². The van der Waals surface area contributed by atoms with Gasteiger partial charge in [0.15, 0.2) is 0 Å². The second-order valence-corrected chi connectivity index (χ2v) is 8.31. The predicted molar refractivity (Wildman–Crippen MR) is 106 cm³/mol. The lowest BCUT2D eigenvalue weighted by atomic mass is 10.1. The fraction of sp³-hybridized carbons (Fsp3) is 0.421. The highest BCUT2D eigenvalue weighted by molar-refractivity contribution is 7.89. The second kappa shape index (κ2) is 9.12. The van der Waals surface area contributed by atoms with Crippen LogP contribution in [0.4, 0.5) is 5.82 Å². The van der Waals surface area contributed by atoms with Crippen LogP contribution in [-0.2, 0) is 23.1 Å². The molecule has 1 N–H and O–H groups in total. The van der Waals surface area contributed by atoms with Gasteiger partial charge in [0.05, 0.1) is 0 Å². The number of pyridine rings is 1. The standard InChI is InChI=1S/C19H28N4O2S/c1-5-23(6-2)26(24,25)18-11-12-19(21-14-18)20-13-16-7-9-17(10-8-16)15-22(3)4/h7-12,14H,5-6,13,15H2,1-4H3,(H,20,21). The Hall–Kier alpha value is -1.96. The molecular formula is C19H28N4O2S. The zero-order valence-corrected chi connectivity index (χ0v) is 16.8. The van der Waals surface area contributed by atoms with E-state index < -0.39 is 10.0 Å². The number of nitrogens with zero attached hydrogens (tertiary/aromatic N) is 3. The number of sulfonamides is 1. The Kier molecular flexibility index (Phi) is 7.14. The fourth-order valence-electron chi connectivity index (χ4n) is 2.67. The maximum absolute atomic E-state index is 12.5. The molecule has 2 rings (SSSR count). The number of hydrogen-bond donors (Lipinski definition) is 1. The van der Waals surface area contributed by atoms with Crippen LogP contribution in [0.3, 0.4) is 0 Å². The Bertz CT molecular complexity index is 783. The summed E-state index contributed by atoms with van der Waals surface area (Å²) in [5.41, 5.74) is 2.41. The van der Waals surface area contributed by atoms with E-state index in [2.05, 4.69) is 39.5 Å². The van der Waals surface area contributed by atoms with Crippen molar-refractivity contribution in [2.24, 2.45) is 0 Å². The topological polar surface area (TPSA) is 65.5 Å². The molecule has 1 heterocycles. The van der Waals surface area contributed by atoms with E-state index in [4.69, 9.17) is 0 Å². The van der Waals surface area contributed by atoms with E-state index in [1.54, 1.807) is 12.1 Å². The van der Waals surface area contributed by atoms with Crippen LogP contribution in [0, 0.1) is 0 Å². The maximum Gasteiger partial charge on any atom is 0.244 e. The molecule has 1 aromatic heterocycles. The van der Waals surface area contributed by atoms with Gasteiger partial charge in [-0.1, -0.05) is 38.1 Å². The Morgan fingerprint density at radius 3 is 2.08 bits per heavy atom. The quantitative estimate of drug-likeness (QED) is 0.729. The van der Waals surface area contributed by atoms with Crippen molar-refractivity contribution in [3.05, 3.63) is 53.7 Å². The monoisotopic (exact) mass is 376 g/mol. The van der Waals surface area contributed by atoms with E-state index in [0.29, 0.717) is 25.5 Å². The summed E-state index contributed by atoms with van der Waals surface area (Å²) in [4.78, 5) is 6.60. The molecule has 7 heteroatoms. The molecule has 0 aliphatic heterocycles. The SMILES string of the molecule is CCN(CC)S(=O)(=O)c1ccc(NCc2ccc(CN(C)C)cc2)nc1. The van der Waals surface area contributed by atoms with Gasteiger partial charge in [-0.15, -0.1) is 0 Å². The fourth-order valence-corrected chi connectivity index (χ4v) is 4.07. The highest BCUT2D eigenvalue weighted by Crippen LogP contribution is 2.16. The highest BCUT2D eigenvalue weighted by Gasteiger charge is 2.21. The van der Waals surface area contributed by atoms with E-state index >= 15 is 0 Å². The van der Waals surface area contributed by atoms with Gasteiger partial charge < -0.3 is 10.2 Å². The van der Waals surface area contributed by atoms with Crippen LogP contribution in [0.25, 0.3) is 0 Å². The van der Waals surface area contributed by atoms with Gasteiger partial charge in [0, 0.05) is 32.4 Å². The van der Waals surface area contributed by atoms with Crippen LogP contribution in [0.15, 0.2) is 47.5 Å². The zero-order valence-electron chi connectivity index (χ0n) is 15.9. The molecule has 0 unspecified atom stereocenters. The number of rotatable bonds is 9. The molecule has 0 spiro atoms. The third-order valence-corrected chi connectivity index (χ3v) is 6.11. The third kappa shape index (κ3) is 5.27. The van der Waals surface area contributed by atoms with Crippen molar-refractivity contribution in [2.45, 2.75) is 31.8 Å². The number of hydrogen-bond acceptors (Lipinski definition) is 5. The van der Waals surface area contributed by atoms with Crippen molar-refractivity contribution < 1.29 is 8.42 Å². The predicted octanol–water partition coefficient (Wildman–Crippen LogP) is 2.79. The van der Waals surface area contributed by atoms with E-state index in [1.165, 1.54) is 16.1 Å². The van der Waals surface area contributed by atoms with Crippen molar-refractivity contribution in [3.63, 3.8) is 0 Å². The molecule has 0 saturated heterocycles. The average molecular weight is 377 g/mol. The number of benzene rings is 1. The number of aromatic nitrogens is 1. The van der Waals surface area contributed by atoms with Gasteiger partial charge in [-0.2, -0.15) is 4.31 Å². The molecule has 0 radical (unpaired) electrons. The molecule has 1 aromatic carbocycles. The second-order valence-electron chi connectivity index (χ2n) is 6.38. The molecule has 0 aliphatic carbocycles. The normalized spacial score (nSPS) is 11.9. The molecule has 6 nitrogen and oxygen atoms in total. The summed E-state index contributed by atoms with van der Waals surface area (Å²) in [7, 11) is 0.633. The lowest BCUT2D eigenvalue weighted by Gasteiger charge is -2.18. The number of nitrogens with one attached hydrogen (secondary N) is 1. The Morgan fingerprint density at radius 2 is 1.58 bits per heavy atom. The summed E-state index contributed by atoms with van der Waals surface area (Å²) in [6.45, 7) is 6.10. The molecule has 0 aliphatic rings. The molecule has 0 atom stereocenters. The summed E-state index contributed by atoms with van der Waals surface area (Å²) in [5.74, 6) is 0.654. The zero-order chi connectivity index (χ0) is 19.2. The third-order valence-electron chi connectivity index (χ3n) is 4.07. The maximum atomic E-state index is 12.5. The number of anilines is 1. The van der Waals surface area contributed by atoms with Crippen molar-refractivity contribution in [3.8, 4) is 0 Å². The first-order chi connectivity index (χ1) is 12.4. The summed E-state index contributed by atoms with van der Waals surface area (Å²) >= 11 is 0. The van der Waals surface area contributed by atoms with Crippen LogP contribution in [0.2, 0.25) is 0 Å². The van der Waals surface area contributed by atoms with E-state index in [1.807, 2.05) is 27.9 Å². The minimum Gasteiger partial charge on any atom is -0.366 e. The van der Waals surface area contributed by atoms with Crippen molar-refractivity contribution >= 4 is 15.8 Å². The van der Waals surface area contributed by atoms with Gasteiger partial charge in [-0.05, 0) is 37.4 Å². The summed E-state index contributed by atoms with van der Waals surface area (Å²) in [5, 5.41) is 3.23. The van der Waals surface area contributed by atoms with E-state index in [0.717, 1.165) is 12.1 Å². The van der Waals surface area contributed by atoms with Gasteiger partial charge in [0.25, 0.3) is 0 Å². The summed E-state index contributed by atoms with van der Waals surface area (Å²) in [6, 6.07) is 11.7. The van der Waals surface area contributed by atoms with Crippen molar-refractivity contribution in [2.75, 3.05) is 32.5 Å². The van der Waals surface area contributed by atoms with Crippen LogP contribution in [-0.4, -0.2) is 49.8 Å². The Morgan fingerprint density at radius 1 is 0.962 bits per heavy atom. The highest BCUT2D eigenvalue weighted by atomic mass is 32.2. The first-order valence-electron chi connectivity index (χ1n) is 8.79. The molecule has 0 bridgehead atoms. The van der Waals surface area contributed by atoms with Gasteiger partial charge in [0.2, 0.25) is 10.0 Å². The first-order valence-corrected chi connectivity index (χ1v) is 10.2. The molecular weight excluding hydrogens is 348 g/mol. The van der Waals surface area contributed by atoms with Crippen LogP contribution < -0.4 is 5.32 Å². The van der Waals surface area contributed by atoms with Crippen LogP contribution in [0.5, 0.6) is 0 Å². The minimum atomic E-state index is -3.46. The Balaban J connectivity index is 1.99. The lowest BCUT2D eigenvalue weighted by molar-refractivity contribution is 0.402. The molecule has 0 saturated carbocycles. The summed E-state index contributed by atoms with van der Waals surface area (Å²) in [6.07, 6.45) is 1.41. The van der Waals surface area contributed by atoms with Crippen molar-refractivity contribution in [1.82, 2.24) is 14.2 Å². The molecule has 26 heavy (non-hydrogen) atoms. The average Bonchev–Trinajstić information content (AvgIpc) is 2.62. The Labute approximate surface area is 156 Å². The summed E-state index contributed by atoms with van der Waals surface area (Å²) < 4.78 is 26.3. The smallest absolute Gasteiger partial charge is 0.244 e. The molecule has 2 aromatic rings. The first kappa shape index (κ1) is 20.4. The van der Waals surface area contributed by atoms with Crippen molar-refractivity contribution in [1.29, 1.82) is 0 Å². The van der Waals surface area contributed by atoms with E-state index in [9.17, 15) is 8.42 Å². The largest absolute Gasteiger partial charge is 0.366 e. The minimum absolute atomic E-state index is 0.222. The lowest BCUT2D eigenvalue weighted by Crippen LogP contribution is -2.30. The molecule has 142 valence electrons.